The molecule has 3 aromatic rings. The number of para-hydroxylation sites is 1. The van der Waals surface area contributed by atoms with Crippen LogP contribution >= 0.6 is 11.3 Å². The standard InChI is InChI=1S/C21H18FNO2S/c1-2-6-16-7-3-4-10-19(16)25-13-15-11-20(26-14-15)21(24)23-18-9-5-8-17(22)12-18/h2-12,14H,13H2,1H3,(H,23,24)/b6-2+. The molecule has 0 aliphatic rings. The highest BCUT2D eigenvalue weighted by molar-refractivity contribution is 7.12. The Labute approximate surface area is 155 Å². The first-order chi connectivity index (χ1) is 12.7. The number of halogens is 1. The lowest BCUT2D eigenvalue weighted by Gasteiger charge is -2.08. The van der Waals surface area contributed by atoms with Crippen LogP contribution < -0.4 is 10.1 Å². The van der Waals surface area contributed by atoms with Gasteiger partial charge in [-0.15, -0.1) is 11.3 Å². The van der Waals surface area contributed by atoms with E-state index in [1.165, 1.54) is 23.5 Å². The molecule has 0 fully saturated rings. The van der Waals surface area contributed by atoms with Crippen LogP contribution in [0.15, 0.2) is 66.1 Å². The van der Waals surface area contributed by atoms with E-state index in [0.29, 0.717) is 17.2 Å². The second-order valence-electron chi connectivity index (χ2n) is 5.61. The lowest BCUT2D eigenvalue weighted by atomic mass is 10.2. The predicted molar refractivity (Wildman–Crippen MR) is 104 cm³/mol. The van der Waals surface area contributed by atoms with Gasteiger partial charge in [-0.3, -0.25) is 4.79 Å². The van der Waals surface area contributed by atoms with E-state index in [0.717, 1.165) is 16.9 Å². The molecule has 1 aromatic heterocycles. The number of allylic oxidation sites excluding steroid dienone is 1. The fourth-order valence-electron chi connectivity index (χ4n) is 2.42. The van der Waals surface area contributed by atoms with Crippen molar-refractivity contribution >= 4 is 29.0 Å². The molecule has 1 heterocycles. The smallest absolute Gasteiger partial charge is 0.265 e. The minimum atomic E-state index is -0.386. The Morgan fingerprint density at radius 1 is 1.19 bits per heavy atom. The number of carbonyl (C=O) groups is 1. The summed E-state index contributed by atoms with van der Waals surface area (Å²) in [6.07, 6.45) is 3.95. The highest BCUT2D eigenvalue weighted by atomic mass is 32.1. The van der Waals surface area contributed by atoms with E-state index in [2.05, 4.69) is 5.32 Å². The minimum Gasteiger partial charge on any atom is -0.488 e. The Morgan fingerprint density at radius 2 is 2.04 bits per heavy atom. The van der Waals surface area contributed by atoms with Crippen molar-refractivity contribution in [2.45, 2.75) is 13.5 Å². The summed E-state index contributed by atoms with van der Waals surface area (Å²) in [5.41, 5.74) is 2.35. The van der Waals surface area contributed by atoms with E-state index >= 15 is 0 Å². The van der Waals surface area contributed by atoms with Gasteiger partial charge in [-0.2, -0.15) is 0 Å². The summed E-state index contributed by atoms with van der Waals surface area (Å²) < 4.78 is 19.1. The highest BCUT2D eigenvalue weighted by Gasteiger charge is 2.11. The van der Waals surface area contributed by atoms with Crippen LogP contribution in [-0.4, -0.2) is 5.91 Å². The van der Waals surface area contributed by atoms with Gasteiger partial charge in [-0.05, 0) is 42.6 Å². The van der Waals surface area contributed by atoms with Gasteiger partial charge in [0.2, 0.25) is 0 Å². The predicted octanol–water partition coefficient (Wildman–Crippen LogP) is 5.75. The third kappa shape index (κ3) is 4.58. The number of ether oxygens (including phenoxy) is 1. The van der Waals surface area contributed by atoms with Crippen LogP contribution in [0.4, 0.5) is 10.1 Å². The van der Waals surface area contributed by atoms with Crippen molar-refractivity contribution in [3.05, 3.63) is 87.9 Å². The quantitative estimate of drug-likeness (QED) is 0.602. The fourth-order valence-corrected chi connectivity index (χ4v) is 3.21. The number of anilines is 1. The third-order valence-electron chi connectivity index (χ3n) is 3.62. The zero-order valence-electron chi connectivity index (χ0n) is 14.2. The van der Waals surface area contributed by atoms with Crippen molar-refractivity contribution in [1.82, 2.24) is 0 Å². The summed E-state index contributed by atoms with van der Waals surface area (Å²) in [5, 5.41) is 4.58. The molecule has 26 heavy (non-hydrogen) atoms. The molecule has 0 atom stereocenters. The van der Waals surface area contributed by atoms with Crippen molar-refractivity contribution in [2.24, 2.45) is 0 Å². The Morgan fingerprint density at radius 3 is 2.85 bits per heavy atom. The van der Waals surface area contributed by atoms with Gasteiger partial charge in [0.1, 0.15) is 18.2 Å². The SMILES string of the molecule is C/C=C/c1ccccc1OCc1csc(C(=O)Nc2cccc(F)c2)c1. The average molecular weight is 367 g/mol. The van der Waals surface area contributed by atoms with E-state index in [1.807, 2.05) is 48.7 Å². The molecule has 2 aromatic carbocycles. The molecule has 0 unspecified atom stereocenters. The van der Waals surface area contributed by atoms with Crippen LogP contribution in [-0.2, 0) is 6.61 Å². The van der Waals surface area contributed by atoms with Crippen LogP contribution in [0.3, 0.4) is 0 Å². The number of carbonyl (C=O) groups excluding carboxylic acids is 1. The molecular weight excluding hydrogens is 349 g/mol. The molecule has 3 nitrogen and oxygen atoms in total. The summed E-state index contributed by atoms with van der Waals surface area (Å²) in [5.74, 6) is 0.145. The molecule has 0 radical (unpaired) electrons. The molecule has 1 N–H and O–H groups in total. The number of thiophene rings is 1. The summed E-state index contributed by atoms with van der Waals surface area (Å²) in [6.45, 7) is 2.33. The molecular formula is C21H18FNO2S. The summed E-state index contributed by atoms with van der Waals surface area (Å²) in [4.78, 5) is 12.8. The molecule has 3 rings (SSSR count). The first-order valence-corrected chi connectivity index (χ1v) is 9.02. The van der Waals surface area contributed by atoms with Gasteiger partial charge in [0, 0.05) is 16.8 Å². The van der Waals surface area contributed by atoms with E-state index in [9.17, 15) is 9.18 Å². The molecule has 0 saturated carbocycles. The zero-order valence-corrected chi connectivity index (χ0v) is 15.1. The maximum absolute atomic E-state index is 13.2. The second kappa shape index (κ2) is 8.45. The Hall–Kier alpha value is -2.92. The largest absolute Gasteiger partial charge is 0.488 e. The molecule has 0 spiro atoms. The lowest BCUT2D eigenvalue weighted by Crippen LogP contribution is -2.10. The highest BCUT2D eigenvalue weighted by Crippen LogP contribution is 2.23. The Kier molecular flexibility index (Phi) is 5.81. The number of rotatable bonds is 6. The number of nitrogens with one attached hydrogen (secondary N) is 1. The van der Waals surface area contributed by atoms with Crippen molar-refractivity contribution in [3.8, 4) is 5.75 Å². The first-order valence-electron chi connectivity index (χ1n) is 8.14. The van der Waals surface area contributed by atoms with E-state index in [1.54, 1.807) is 18.2 Å². The first kappa shape index (κ1) is 17.9. The van der Waals surface area contributed by atoms with Crippen molar-refractivity contribution < 1.29 is 13.9 Å². The minimum absolute atomic E-state index is 0.263. The van der Waals surface area contributed by atoms with E-state index in [4.69, 9.17) is 4.74 Å². The molecule has 1 amide bonds. The molecule has 0 bridgehead atoms. The second-order valence-corrected chi connectivity index (χ2v) is 6.52. The Balaban J connectivity index is 1.64. The fraction of sp³-hybridized carbons (Fsp3) is 0.0952. The van der Waals surface area contributed by atoms with Crippen LogP contribution in [0.2, 0.25) is 0 Å². The maximum atomic E-state index is 13.2. The molecule has 5 heteroatoms. The maximum Gasteiger partial charge on any atom is 0.265 e. The third-order valence-corrected chi connectivity index (χ3v) is 4.60. The topological polar surface area (TPSA) is 38.3 Å². The van der Waals surface area contributed by atoms with E-state index in [-0.39, 0.29) is 11.7 Å². The van der Waals surface area contributed by atoms with Gasteiger partial charge in [-0.1, -0.05) is 36.4 Å². The van der Waals surface area contributed by atoms with Gasteiger partial charge >= 0.3 is 0 Å². The average Bonchev–Trinajstić information content (AvgIpc) is 3.10. The summed E-state index contributed by atoms with van der Waals surface area (Å²) in [6, 6.07) is 15.4. The van der Waals surface area contributed by atoms with Crippen LogP contribution in [0.5, 0.6) is 5.75 Å². The number of hydrogen-bond donors (Lipinski definition) is 1. The van der Waals surface area contributed by atoms with Gasteiger partial charge in [0.15, 0.2) is 0 Å². The Bertz CT molecular complexity index is 933. The van der Waals surface area contributed by atoms with Gasteiger partial charge in [0.05, 0.1) is 4.88 Å². The molecule has 0 aliphatic carbocycles. The van der Waals surface area contributed by atoms with Crippen molar-refractivity contribution in [1.29, 1.82) is 0 Å². The van der Waals surface area contributed by atoms with E-state index < -0.39 is 0 Å². The molecule has 0 aliphatic heterocycles. The number of amides is 1. The normalized spacial score (nSPS) is 10.8. The van der Waals surface area contributed by atoms with Crippen molar-refractivity contribution in [2.75, 3.05) is 5.32 Å². The zero-order chi connectivity index (χ0) is 18.4. The van der Waals surface area contributed by atoms with Crippen LogP contribution in [0, 0.1) is 5.82 Å². The number of hydrogen-bond acceptors (Lipinski definition) is 3. The van der Waals surface area contributed by atoms with Gasteiger partial charge in [0.25, 0.3) is 5.91 Å². The van der Waals surface area contributed by atoms with Gasteiger partial charge in [-0.25, -0.2) is 4.39 Å². The van der Waals surface area contributed by atoms with Crippen LogP contribution in [0.1, 0.15) is 27.7 Å². The van der Waals surface area contributed by atoms with Crippen molar-refractivity contribution in [3.63, 3.8) is 0 Å². The van der Waals surface area contributed by atoms with Crippen LogP contribution in [0.25, 0.3) is 6.08 Å². The molecule has 0 saturated heterocycles. The lowest BCUT2D eigenvalue weighted by molar-refractivity contribution is 0.103. The summed E-state index contributed by atoms with van der Waals surface area (Å²) >= 11 is 1.33. The monoisotopic (exact) mass is 367 g/mol. The van der Waals surface area contributed by atoms with Gasteiger partial charge < -0.3 is 10.1 Å². The number of benzene rings is 2. The summed E-state index contributed by atoms with van der Waals surface area (Å²) in [7, 11) is 0. The molecule has 132 valence electrons.